The van der Waals surface area contributed by atoms with Crippen LogP contribution in [0.25, 0.3) is 0 Å². The minimum Gasteiger partial charge on any atom is -0.406 e. The Hall–Kier alpha value is -2.21. The van der Waals surface area contributed by atoms with Gasteiger partial charge >= 0.3 is 6.36 Å². The van der Waals surface area contributed by atoms with Crippen molar-refractivity contribution in [2.45, 2.75) is 26.6 Å². The molecule has 0 heterocycles. The van der Waals surface area contributed by atoms with Gasteiger partial charge in [0.2, 0.25) is 0 Å². The molecule has 0 atom stereocenters. The van der Waals surface area contributed by atoms with Crippen LogP contribution in [0.15, 0.2) is 41.4 Å². The van der Waals surface area contributed by atoms with Crippen molar-refractivity contribution in [1.29, 1.82) is 0 Å². The number of alkyl halides is 3. The van der Waals surface area contributed by atoms with Gasteiger partial charge in [-0.2, -0.15) is 0 Å². The van der Waals surface area contributed by atoms with Gasteiger partial charge in [-0.25, -0.2) is 4.99 Å². The summed E-state index contributed by atoms with van der Waals surface area (Å²) in [7, 11) is 1.91. The van der Waals surface area contributed by atoms with Gasteiger partial charge in [0.05, 0.1) is 12.0 Å². The van der Waals surface area contributed by atoms with Crippen LogP contribution in [-0.4, -0.2) is 31.2 Å². The highest BCUT2D eigenvalue weighted by Crippen LogP contribution is 2.30. The van der Waals surface area contributed by atoms with Crippen molar-refractivity contribution in [1.82, 2.24) is 4.90 Å². The fourth-order valence-corrected chi connectivity index (χ4v) is 2.59. The molecule has 2 aromatic carbocycles. The van der Waals surface area contributed by atoms with Crippen LogP contribution < -0.4 is 4.74 Å². The number of hydrogen-bond donors (Lipinski definition) is 0. The van der Waals surface area contributed by atoms with Gasteiger partial charge in [-0.15, -0.1) is 13.2 Å². The second-order valence-electron chi connectivity index (χ2n) is 5.90. The summed E-state index contributed by atoms with van der Waals surface area (Å²) in [6.45, 7) is 4.75. The lowest BCUT2D eigenvalue weighted by molar-refractivity contribution is -0.274. The van der Waals surface area contributed by atoms with Crippen molar-refractivity contribution in [2.24, 2.45) is 4.99 Å². The Morgan fingerprint density at radius 2 is 1.96 bits per heavy atom. The summed E-state index contributed by atoms with van der Waals surface area (Å²) in [6.07, 6.45) is -2.56. The second kappa shape index (κ2) is 8.45. The molecule has 0 N–H and O–H groups in total. The first-order valence-electron chi connectivity index (χ1n) is 8.06. The van der Waals surface area contributed by atoms with Crippen molar-refractivity contribution >= 4 is 23.6 Å². The molecule has 0 saturated heterocycles. The van der Waals surface area contributed by atoms with Crippen molar-refractivity contribution in [3.05, 3.63) is 58.1 Å². The highest BCUT2D eigenvalue weighted by atomic mass is 35.5. The third kappa shape index (κ3) is 5.95. The fourth-order valence-electron chi connectivity index (χ4n) is 2.35. The van der Waals surface area contributed by atoms with E-state index in [0.29, 0.717) is 17.0 Å². The smallest absolute Gasteiger partial charge is 0.406 e. The third-order valence-electron chi connectivity index (χ3n) is 3.87. The molecule has 0 radical (unpaired) electrons. The van der Waals surface area contributed by atoms with Crippen LogP contribution in [-0.2, 0) is 6.42 Å². The van der Waals surface area contributed by atoms with Crippen molar-refractivity contribution < 1.29 is 17.9 Å². The number of benzene rings is 2. The average Bonchev–Trinajstić information content (AvgIpc) is 2.55. The predicted octanol–water partition coefficient (Wildman–Crippen LogP) is 5.75. The van der Waals surface area contributed by atoms with E-state index in [-0.39, 0.29) is 5.75 Å². The zero-order chi connectivity index (χ0) is 19.3. The van der Waals surface area contributed by atoms with E-state index in [0.717, 1.165) is 23.4 Å². The van der Waals surface area contributed by atoms with Crippen molar-refractivity contribution in [3.8, 4) is 5.75 Å². The van der Waals surface area contributed by atoms with E-state index in [2.05, 4.69) is 9.73 Å². The molecule has 26 heavy (non-hydrogen) atoms. The minimum absolute atomic E-state index is 0.238. The monoisotopic (exact) mass is 384 g/mol. The molecule has 0 fully saturated rings. The third-order valence-corrected chi connectivity index (χ3v) is 4.09. The molecule has 0 saturated carbocycles. The van der Waals surface area contributed by atoms with Crippen LogP contribution in [0.4, 0.5) is 18.9 Å². The number of rotatable bonds is 6. The molecule has 140 valence electrons. The first-order valence-corrected chi connectivity index (χ1v) is 8.44. The molecule has 0 aromatic heterocycles. The van der Waals surface area contributed by atoms with E-state index in [9.17, 15) is 13.2 Å². The van der Waals surface area contributed by atoms with Gasteiger partial charge in [0.1, 0.15) is 5.75 Å². The van der Waals surface area contributed by atoms with E-state index in [4.69, 9.17) is 11.6 Å². The standard InChI is InChI=1S/C19H20ClF3N2O/c1-4-25(3)12-24-18-11-16(20)10-15(13(18)2)8-14-6-5-7-17(9-14)26-19(21,22)23/h5-7,9-12H,4,8H2,1-3H3/b24-12-. The maximum atomic E-state index is 12.4. The first kappa shape index (κ1) is 20.1. The lowest BCUT2D eigenvalue weighted by atomic mass is 9.99. The molecule has 0 aliphatic rings. The van der Waals surface area contributed by atoms with Gasteiger partial charge < -0.3 is 9.64 Å². The normalized spacial score (nSPS) is 11.8. The molecule has 0 bridgehead atoms. The number of nitrogens with zero attached hydrogens (tertiary/aromatic N) is 2. The summed E-state index contributed by atoms with van der Waals surface area (Å²) >= 11 is 6.19. The maximum absolute atomic E-state index is 12.4. The second-order valence-corrected chi connectivity index (χ2v) is 6.34. The van der Waals surface area contributed by atoms with Gasteiger partial charge in [0.25, 0.3) is 0 Å². The summed E-state index contributed by atoms with van der Waals surface area (Å²) in [4.78, 5) is 6.38. The van der Waals surface area contributed by atoms with Crippen molar-refractivity contribution in [2.75, 3.05) is 13.6 Å². The van der Waals surface area contributed by atoms with E-state index in [1.54, 1.807) is 24.5 Å². The first-order chi connectivity index (χ1) is 12.2. The molecule has 3 nitrogen and oxygen atoms in total. The SMILES string of the molecule is CCN(C)/C=N\c1cc(Cl)cc(Cc2cccc(OC(F)(F)F)c2)c1C. The molecule has 7 heteroatoms. The summed E-state index contributed by atoms with van der Waals surface area (Å²) in [5.41, 5.74) is 3.25. The zero-order valence-electron chi connectivity index (χ0n) is 14.8. The van der Waals surface area contributed by atoms with Crippen LogP contribution in [0.5, 0.6) is 5.75 Å². The van der Waals surface area contributed by atoms with Crippen LogP contribution in [0.2, 0.25) is 5.02 Å². The molecule has 2 rings (SSSR count). The number of ether oxygens (including phenoxy) is 1. The molecule has 2 aromatic rings. The Labute approximate surface area is 156 Å². The van der Waals surface area contributed by atoms with E-state index in [1.807, 2.05) is 25.8 Å². The summed E-state index contributed by atoms with van der Waals surface area (Å²) < 4.78 is 41.1. The largest absolute Gasteiger partial charge is 0.573 e. The summed E-state index contributed by atoms with van der Waals surface area (Å²) in [5.74, 6) is -0.238. The van der Waals surface area contributed by atoms with E-state index >= 15 is 0 Å². The molecular weight excluding hydrogens is 365 g/mol. The Balaban J connectivity index is 2.28. The van der Waals surface area contributed by atoms with Crippen LogP contribution >= 0.6 is 11.6 Å². The maximum Gasteiger partial charge on any atom is 0.573 e. The van der Waals surface area contributed by atoms with E-state index < -0.39 is 6.36 Å². The van der Waals surface area contributed by atoms with E-state index in [1.165, 1.54) is 18.2 Å². The topological polar surface area (TPSA) is 24.8 Å². The van der Waals surface area contributed by atoms with Gasteiger partial charge in [-0.3, -0.25) is 0 Å². The molecule has 0 unspecified atom stereocenters. The van der Waals surface area contributed by atoms with Crippen molar-refractivity contribution in [3.63, 3.8) is 0 Å². The van der Waals surface area contributed by atoms with Gasteiger partial charge in [-0.1, -0.05) is 23.7 Å². The van der Waals surface area contributed by atoms with Crippen LogP contribution in [0, 0.1) is 6.92 Å². The number of halogens is 4. The average molecular weight is 385 g/mol. The number of aliphatic imine (C=N–C) groups is 1. The van der Waals surface area contributed by atoms with Crippen LogP contribution in [0.1, 0.15) is 23.6 Å². The lowest BCUT2D eigenvalue weighted by Gasteiger charge is -2.13. The minimum atomic E-state index is -4.71. The summed E-state index contributed by atoms with van der Waals surface area (Å²) in [6, 6.07) is 9.50. The fraction of sp³-hybridized carbons (Fsp3) is 0.316. The number of hydrogen-bond acceptors (Lipinski definition) is 2. The molecule has 0 aliphatic heterocycles. The van der Waals surface area contributed by atoms with Crippen LogP contribution in [0.3, 0.4) is 0 Å². The highest BCUT2D eigenvalue weighted by molar-refractivity contribution is 6.31. The molecule has 0 spiro atoms. The quantitative estimate of drug-likeness (QED) is 0.468. The Morgan fingerprint density at radius 1 is 1.23 bits per heavy atom. The Bertz CT molecular complexity index is 791. The Morgan fingerprint density at radius 3 is 2.62 bits per heavy atom. The predicted molar refractivity (Wildman–Crippen MR) is 98.6 cm³/mol. The van der Waals surface area contributed by atoms with Gasteiger partial charge in [0.15, 0.2) is 0 Å². The highest BCUT2D eigenvalue weighted by Gasteiger charge is 2.31. The lowest BCUT2D eigenvalue weighted by Crippen LogP contribution is -2.17. The van der Waals surface area contributed by atoms with Gasteiger partial charge in [-0.05, 0) is 61.2 Å². The molecule has 0 aliphatic carbocycles. The zero-order valence-corrected chi connectivity index (χ0v) is 15.5. The molecular formula is C19H20ClF3N2O. The summed E-state index contributed by atoms with van der Waals surface area (Å²) in [5, 5.41) is 0.527. The Kier molecular flexibility index (Phi) is 6.53. The van der Waals surface area contributed by atoms with Gasteiger partial charge in [0, 0.05) is 18.6 Å². The molecule has 0 amide bonds.